The van der Waals surface area contributed by atoms with Crippen molar-refractivity contribution in [1.82, 2.24) is 10.2 Å². The molecule has 1 aliphatic heterocycles. The Bertz CT molecular complexity index is 179. The topological polar surface area (TPSA) is 41.6 Å². The molecule has 0 atom stereocenters. The highest BCUT2D eigenvalue weighted by Gasteiger charge is 2.09. The van der Waals surface area contributed by atoms with Gasteiger partial charge in [0, 0.05) is 19.5 Å². The van der Waals surface area contributed by atoms with E-state index < -0.39 is 0 Å². The van der Waals surface area contributed by atoms with Gasteiger partial charge in [0.05, 0.1) is 7.11 Å². The maximum atomic E-state index is 10.8. The summed E-state index contributed by atoms with van der Waals surface area (Å²) in [5, 5.41) is 3.34. The molecule has 15 heavy (non-hydrogen) atoms. The van der Waals surface area contributed by atoms with E-state index in [4.69, 9.17) is 0 Å². The summed E-state index contributed by atoms with van der Waals surface area (Å²) in [5.41, 5.74) is 0. The van der Waals surface area contributed by atoms with E-state index in [0.717, 1.165) is 26.1 Å². The van der Waals surface area contributed by atoms with Crippen molar-refractivity contribution in [2.75, 3.05) is 39.8 Å². The Labute approximate surface area is 92.0 Å². The van der Waals surface area contributed by atoms with Crippen LogP contribution in [0.25, 0.3) is 0 Å². The van der Waals surface area contributed by atoms with Gasteiger partial charge in [0.1, 0.15) is 0 Å². The average molecular weight is 214 g/mol. The summed E-state index contributed by atoms with van der Waals surface area (Å²) >= 11 is 0. The smallest absolute Gasteiger partial charge is 0.305 e. The van der Waals surface area contributed by atoms with Crippen LogP contribution < -0.4 is 5.32 Å². The number of likely N-dealkylation sites (tertiary alicyclic amines) is 1. The van der Waals surface area contributed by atoms with E-state index in [1.807, 2.05) is 0 Å². The van der Waals surface area contributed by atoms with Crippen LogP contribution >= 0.6 is 0 Å². The van der Waals surface area contributed by atoms with E-state index in [1.165, 1.54) is 33.0 Å². The third kappa shape index (κ3) is 5.74. The summed E-state index contributed by atoms with van der Waals surface area (Å²) in [7, 11) is 1.43. The minimum Gasteiger partial charge on any atom is -0.469 e. The van der Waals surface area contributed by atoms with Crippen LogP contribution in [0, 0.1) is 0 Å². The second-order valence-electron chi connectivity index (χ2n) is 3.98. The van der Waals surface area contributed by atoms with Gasteiger partial charge in [-0.3, -0.25) is 4.79 Å². The summed E-state index contributed by atoms with van der Waals surface area (Å²) in [6, 6.07) is 0. The number of carbonyl (C=O) groups is 1. The molecule has 0 spiro atoms. The monoisotopic (exact) mass is 214 g/mol. The molecular formula is C11H22N2O2. The number of methoxy groups -OCH3 is 1. The third-order valence-corrected chi connectivity index (χ3v) is 2.77. The minimum absolute atomic E-state index is 0.114. The quantitative estimate of drug-likeness (QED) is 0.498. The molecule has 0 unspecified atom stereocenters. The highest BCUT2D eigenvalue weighted by molar-refractivity contribution is 5.68. The molecule has 0 aromatic rings. The first-order valence-corrected chi connectivity index (χ1v) is 5.83. The van der Waals surface area contributed by atoms with Crippen molar-refractivity contribution in [3.63, 3.8) is 0 Å². The van der Waals surface area contributed by atoms with E-state index in [0.29, 0.717) is 6.42 Å². The lowest BCUT2D eigenvalue weighted by molar-refractivity contribution is -0.140. The molecule has 1 rings (SSSR count). The lowest BCUT2D eigenvalue weighted by Crippen LogP contribution is -2.30. The first-order valence-electron chi connectivity index (χ1n) is 5.83. The summed E-state index contributed by atoms with van der Waals surface area (Å²) in [6.07, 6.45) is 4.09. The van der Waals surface area contributed by atoms with Gasteiger partial charge in [-0.1, -0.05) is 0 Å². The SMILES string of the molecule is COC(=O)CCCNCCN1CCCC1. The number of hydrogen-bond donors (Lipinski definition) is 1. The van der Waals surface area contributed by atoms with Gasteiger partial charge in [0.2, 0.25) is 0 Å². The van der Waals surface area contributed by atoms with Gasteiger partial charge in [-0.2, -0.15) is 0 Å². The Kier molecular flexibility index (Phi) is 6.36. The van der Waals surface area contributed by atoms with Crippen molar-refractivity contribution < 1.29 is 9.53 Å². The first-order chi connectivity index (χ1) is 7.33. The van der Waals surface area contributed by atoms with Gasteiger partial charge in [-0.25, -0.2) is 0 Å². The molecule has 4 nitrogen and oxygen atoms in total. The normalized spacial score (nSPS) is 16.9. The highest BCUT2D eigenvalue weighted by atomic mass is 16.5. The molecular weight excluding hydrogens is 192 g/mol. The predicted molar refractivity (Wildman–Crippen MR) is 59.8 cm³/mol. The van der Waals surface area contributed by atoms with Gasteiger partial charge in [-0.05, 0) is 38.9 Å². The van der Waals surface area contributed by atoms with Crippen molar-refractivity contribution >= 4 is 5.97 Å². The molecule has 0 amide bonds. The lowest BCUT2D eigenvalue weighted by atomic mass is 10.3. The molecule has 1 aliphatic rings. The molecule has 88 valence electrons. The van der Waals surface area contributed by atoms with Crippen LogP contribution in [0.2, 0.25) is 0 Å². The van der Waals surface area contributed by atoms with Crippen molar-refractivity contribution in [2.45, 2.75) is 25.7 Å². The molecule has 0 radical (unpaired) electrons. The van der Waals surface area contributed by atoms with Crippen molar-refractivity contribution in [3.8, 4) is 0 Å². The van der Waals surface area contributed by atoms with Crippen molar-refractivity contribution in [3.05, 3.63) is 0 Å². The molecule has 0 aromatic carbocycles. The van der Waals surface area contributed by atoms with E-state index in [1.54, 1.807) is 0 Å². The van der Waals surface area contributed by atoms with Crippen LogP contribution in [-0.4, -0.2) is 50.7 Å². The molecule has 1 N–H and O–H groups in total. The number of esters is 1. The molecule has 1 heterocycles. The zero-order valence-corrected chi connectivity index (χ0v) is 9.63. The summed E-state index contributed by atoms with van der Waals surface area (Å²) < 4.78 is 4.56. The standard InChI is InChI=1S/C11H22N2O2/c1-15-11(14)5-4-6-12-7-10-13-8-2-3-9-13/h12H,2-10H2,1H3. The number of hydrogen-bond acceptors (Lipinski definition) is 4. The summed E-state index contributed by atoms with van der Waals surface area (Å²) in [4.78, 5) is 13.3. The Morgan fingerprint density at radius 2 is 2.07 bits per heavy atom. The van der Waals surface area contributed by atoms with E-state index in [9.17, 15) is 4.79 Å². The average Bonchev–Trinajstić information content (AvgIpc) is 2.75. The van der Waals surface area contributed by atoms with Gasteiger partial charge in [0.15, 0.2) is 0 Å². The van der Waals surface area contributed by atoms with E-state index >= 15 is 0 Å². The fourth-order valence-electron chi connectivity index (χ4n) is 1.83. The Hall–Kier alpha value is -0.610. The largest absolute Gasteiger partial charge is 0.469 e. The van der Waals surface area contributed by atoms with E-state index in [-0.39, 0.29) is 5.97 Å². The second kappa shape index (κ2) is 7.65. The number of carbonyl (C=O) groups excluding carboxylic acids is 1. The fraction of sp³-hybridized carbons (Fsp3) is 0.909. The predicted octanol–water partition coefficient (Wildman–Crippen LogP) is 0.625. The van der Waals surface area contributed by atoms with Crippen molar-refractivity contribution in [1.29, 1.82) is 0 Å². The van der Waals surface area contributed by atoms with Crippen LogP contribution in [0.5, 0.6) is 0 Å². The van der Waals surface area contributed by atoms with Crippen LogP contribution in [-0.2, 0) is 9.53 Å². The molecule has 0 aromatic heterocycles. The second-order valence-corrected chi connectivity index (χ2v) is 3.98. The van der Waals surface area contributed by atoms with Gasteiger partial charge >= 0.3 is 5.97 Å². The molecule has 1 fully saturated rings. The first kappa shape index (κ1) is 12.5. The minimum atomic E-state index is -0.114. The third-order valence-electron chi connectivity index (χ3n) is 2.77. The summed E-state index contributed by atoms with van der Waals surface area (Å²) in [6.45, 7) is 5.58. The zero-order chi connectivity index (χ0) is 10.9. The molecule has 0 bridgehead atoms. The summed E-state index contributed by atoms with van der Waals surface area (Å²) in [5.74, 6) is -0.114. The Balaban J connectivity index is 1.82. The highest BCUT2D eigenvalue weighted by Crippen LogP contribution is 2.05. The molecule has 4 heteroatoms. The van der Waals surface area contributed by atoms with Crippen molar-refractivity contribution in [2.24, 2.45) is 0 Å². The van der Waals surface area contributed by atoms with Crippen LogP contribution in [0.4, 0.5) is 0 Å². The van der Waals surface area contributed by atoms with Gasteiger partial charge < -0.3 is 15.0 Å². The van der Waals surface area contributed by atoms with Crippen LogP contribution in [0.1, 0.15) is 25.7 Å². The fourth-order valence-corrected chi connectivity index (χ4v) is 1.83. The van der Waals surface area contributed by atoms with Gasteiger partial charge in [0.25, 0.3) is 0 Å². The number of ether oxygens (including phenoxy) is 1. The number of nitrogens with zero attached hydrogens (tertiary/aromatic N) is 1. The lowest BCUT2D eigenvalue weighted by Gasteiger charge is -2.14. The maximum absolute atomic E-state index is 10.8. The maximum Gasteiger partial charge on any atom is 0.305 e. The molecule has 0 saturated carbocycles. The Morgan fingerprint density at radius 1 is 1.33 bits per heavy atom. The number of nitrogens with one attached hydrogen (secondary N) is 1. The number of rotatable bonds is 7. The molecule has 1 saturated heterocycles. The van der Waals surface area contributed by atoms with Gasteiger partial charge in [-0.15, -0.1) is 0 Å². The van der Waals surface area contributed by atoms with E-state index in [2.05, 4.69) is 15.0 Å². The Morgan fingerprint density at radius 3 is 2.73 bits per heavy atom. The zero-order valence-electron chi connectivity index (χ0n) is 9.63. The molecule has 0 aliphatic carbocycles. The van der Waals surface area contributed by atoms with Crippen LogP contribution in [0.15, 0.2) is 0 Å². The van der Waals surface area contributed by atoms with Crippen LogP contribution in [0.3, 0.4) is 0 Å².